The molecule has 0 unspecified atom stereocenters. The van der Waals surface area contributed by atoms with Crippen molar-refractivity contribution >= 4 is 58.2 Å². The lowest BCUT2D eigenvalue weighted by atomic mass is 10.1. The summed E-state index contributed by atoms with van der Waals surface area (Å²) in [5, 5.41) is 13.7. The van der Waals surface area contributed by atoms with Gasteiger partial charge in [-0.1, -0.05) is 29.3 Å². The zero-order valence-electron chi connectivity index (χ0n) is 17.4. The number of nitrogens with one attached hydrogen (secondary N) is 1. The highest BCUT2D eigenvalue weighted by Crippen LogP contribution is 2.32. The van der Waals surface area contributed by atoms with Gasteiger partial charge in [-0.3, -0.25) is 29.9 Å². The summed E-state index contributed by atoms with van der Waals surface area (Å²) in [5.74, 6) is -0.705. The topological polar surface area (TPSA) is 106 Å². The molecule has 3 aromatic rings. The van der Waals surface area contributed by atoms with Crippen LogP contribution in [0.4, 0.5) is 11.4 Å². The minimum Gasteiger partial charge on any atom is -0.457 e. The third kappa shape index (κ3) is 4.28. The number of furan rings is 1. The highest BCUT2D eigenvalue weighted by molar-refractivity contribution is 7.80. The molecule has 4 rings (SSSR count). The minimum atomic E-state index is -0.647. The Morgan fingerprint density at radius 1 is 1.12 bits per heavy atom. The van der Waals surface area contributed by atoms with Crippen LogP contribution in [-0.2, 0) is 9.59 Å². The Labute approximate surface area is 198 Å². The van der Waals surface area contributed by atoms with Crippen molar-refractivity contribution in [1.82, 2.24) is 5.32 Å². The number of amides is 2. The van der Waals surface area contributed by atoms with E-state index in [9.17, 15) is 19.7 Å². The fraction of sp³-hybridized carbons (Fsp3) is 0.0870. The van der Waals surface area contributed by atoms with Crippen molar-refractivity contribution in [1.29, 1.82) is 0 Å². The van der Waals surface area contributed by atoms with Crippen LogP contribution in [0.25, 0.3) is 17.4 Å². The van der Waals surface area contributed by atoms with Gasteiger partial charge in [0.05, 0.1) is 10.6 Å². The van der Waals surface area contributed by atoms with E-state index in [1.807, 2.05) is 26.0 Å². The quantitative estimate of drug-likeness (QED) is 0.186. The molecule has 1 saturated heterocycles. The second-order valence-electron chi connectivity index (χ2n) is 7.37. The van der Waals surface area contributed by atoms with E-state index in [-0.39, 0.29) is 27.2 Å². The van der Waals surface area contributed by atoms with Gasteiger partial charge in [0.15, 0.2) is 5.11 Å². The van der Waals surface area contributed by atoms with Crippen LogP contribution in [0.1, 0.15) is 16.9 Å². The molecule has 0 spiro atoms. The number of nitro benzene ring substituents is 1. The van der Waals surface area contributed by atoms with Gasteiger partial charge in [-0.05, 0) is 68.0 Å². The van der Waals surface area contributed by atoms with Crippen LogP contribution in [0.15, 0.2) is 58.5 Å². The predicted octanol–water partition coefficient (Wildman–Crippen LogP) is 4.96. The van der Waals surface area contributed by atoms with Gasteiger partial charge in [0.1, 0.15) is 22.1 Å². The minimum absolute atomic E-state index is 0.00424. The van der Waals surface area contributed by atoms with E-state index in [4.69, 9.17) is 28.2 Å². The summed E-state index contributed by atoms with van der Waals surface area (Å²) in [5.41, 5.74) is 2.42. The van der Waals surface area contributed by atoms with Crippen molar-refractivity contribution in [3.05, 3.63) is 86.1 Å². The Bertz CT molecular complexity index is 1380. The number of rotatable bonds is 4. The number of hydrogen-bond acceptors (Lipinski definition) is 6. The van der Waals surface area contributed by atoms with Gasteiger partial charge >= 0.3 is 0 Å². The fourth-order valence-electron chi connectivity index (χ4n) is 3.47. The van der Waals surface area contributed by atoms with Crippen molar-refractivity contribution < 1.29 is 18.9 Å². The Morgan fingerprint density at radius 3 is 2.58 bits per heavy atom. The Balaban J connectivity index is 1.69. The third-order valence-corrected chi connectivity index (χ3v) is 5.64. The summed E-state index contributed by atoms with van der Waals surface area (Å²) in [6.45, 7) is 3.78. The van der Waals surface area contributed by atoms with Gasteiger partial charge in [0.2, 0.25) is 0 Å². The molecule has 2 amide bonds. The molecular weight excluding hydrogens is 466 g/mol. The molecule has 2 heterocycles. The van der Waals surface area contributed by atoms with Crippen LogP contribution in [0.3, 0.4) is 0 Å². The molecule has 1 aliphatic heterocycles. The lowest BCUT2D eigenvalue weighted by Gasteiger charge is -2.30. The smallest absolute Gasteiger partial charge is 0.288 e. The van der Waals surface area contributed by atoms with E-state index in [0.717, 1.165) is 11.1 Å². The van der Waals surface area contributed by atoms with Gasteiger partial charge in [-0.2, -0.15) is 0 Å². The lowest BCUT2D eigenvalue weighted by Crippen LogP contribution is -2.54. The molecule has 1 aliphatic rings. The van der Waals surface area contributed by atoms with Crippen LogP contribution >= 0.6 is 23.8 Å². The first-order valence-electron chi connectivity index (χ1n) is 9.68. The summed E-state index contributed by atoms with van der Waals surface area (Å²) >= 11 is 11.1. The normalized spacial score (nSPS) is 15.2. The SMILES string of the molecule is Cc1ccc(N2C(=O)/C(=C\c3ccc(-c4ccc(Cl)c([N+](=O)[O-])c4)o3)C(=O)NC2=S)c(C)c1. The van der Waals surface area contributed by atoms with Crippen LogP contribution < -0.4 is 10.2 Å². The second kappa shape index (κ2) is 8.61. The van der Waals surface area contributed by atoms with E-state index < -0.39 is 16.7 Å². The summed E-state index contributed by atoms with van der Waals surface area (Å²) in [6.07, 6.45) is 1.31. The zero-order chi connectivity index (χ0) is 23.9. The van der Waals surface area contributed by atoms with Gasteiger partial charge in [0, 0.05) is 11.6 Å². The maximum Gasteiger partial charge on any atom is 0.288 e. The van der Waals surface area contributed by atoms with E-state index in [2.05, 4.69) is 5.32 Å². The average molecular weight is 482 g/mol. The van der Waals surface area contributed by atoms with E-state index >= 15 is 0 Å². The molecule has 0 bridgehead atoms. The van der Waals surface area contributed by atoms with Gasteiger partial charge in [-0.15, -0.1) is 0 Å². The number of nitrogens with zero attached hydrogens (tertiary/aromatic N) is 2. The van der Waals surface area contributed by atoms with Crippen LogP contribution in [0.5, 0.6) is 0 Å². The number of carbonyl (C=O) groups excluding carboxylic acids is 2. The van der Waals surface area contributed by atoms with Crippen molar-refractivity contribution in [3.8, 4) is 11.3 Å². The molecule has 10 heteroatoms. The average Bonchev–Trinajstić information content (AvgIpc) is 3.21. The third-order valence-electron chi connectivity index (χ3n) is 5.04. The van der Waals surface area contributed by atoms with E-state index in [1.54, 1.807) is 24.3 Å². The largest absolute Gasteiger partial charge is 0.457 e. The number of halogens is 1. The zero-order valence-corrected chi connectivity index (χ0v) is 19.0. The van der Waals surface area contributed by atoms with Gasteiger partial charge < -0.3 is 4.42 Å². The monoisotopic (exact) mass is 481 g/mol. The molecule has 0 aliphatic carbocycles. The first-order chi connectivity index (χ1) is 15.7. The molecular formula is C23H16ClN3O5S. The Morgan fingerprint density at radius 2 is 1.88 bits per heavy atom. The number of hydrogen-bond donors (Lipinski definition) is 1. The highest BCUT2D eigenvalue weighted by Gasteiger charge is 2.35. The molecule has 166 valence electrons. The molecule has 1 N–H and O–H groups in total. The number of thiocarbonyl (C=S) groups is 1. The summed E-state index contributed by atoms with van der Waals surface area (Å²) in [7, 11) is 0. The molecule has 1 fully saturated rings. The summed E-state index contributed by atoms with van der Waals surface area (Å²) in [6, 6.07) is 12.9. The summed E-state index contributed by atoms with van der Waals surface area (Å²) in [4.78, 5) is 37.5. The first kappa shape index (κ1) is 22.4. The maximum atomic E-state index is 13.2. The standard InChI is InChI=1S/C23H16ClN3O5S/c1-12-3-7-18(13(2)9-12)26-22(29)16(21(28)25-23(26)33)11-15-5-8-20(32-15)14-4-6-17(24)19(10-14)27(30)31/h3-11H,1-2H3,(H,25,28,33)/b16-11-. The molecule has 0 radical (unpaired) electrons. The number of anilines is 1. The molecule has 1 aromatic heterocycles. The molecule has 2 aromatic carbocycles. The lowest BCUT2D eigenvalue weighted by molar-refractivity contribution is -0.384. The number of carbonyl (C=O) groups is 2. The van der Waals surface area contributed by atoms with Crippen LogP contribution in [-0.4, -0.2) is 21.9 Å². The van der Waals surface area contributed by atoms with Crippen molar-refractivity contribution in [2.24, 2.45) is 0 Å². The molecule has 0 saturated carbocycles. The molecule has 8 nitrogen and oxygen atoms in total. The molecule has 0 atom stereocenters. The number of nitro groups is 1. The highest BCUT2D eigenvalue weighted by atomic mass is 35.5. The first-order valence-corrected chi connectivity index (χ1v) is 10.5. The summed E-state index contributed by atoms with van der Waals surface area (Å²) < 4.78 is 5.73. The predicted molar refractivity (Wildman–Crippen MR) is 128 cm³/mol. The van der Waals surface area contributed by atoms with Crippen molar-refractivity contribution in [2.45, 2.75) is 13.8 Å². The van der Waals surface area contributed by atoms with Gasteiger partial charge in [0.25, 0.3) is 17.5 Å². The van der Waals surface area contributed by atoms with Crippen LogP contribution in [0.2, 0.25) is 5.02 Å². The maximum absolute atomic E-state index is 13.2. The van der Waals surface area contributed by atoms with Crippen molar-refractivity contribution in [3.63, 3.8) is 0 Å². The van der Waals surface area contributed by atoms with Crippen LogP contribution in [0, 0.1) is 24.0 Å². The number of aryl methyl sites for hydroxylation is 2. The van der Waals surface area contributed by atoms with Gasteiger partial charge in [-0.25, -0.2) is 0 Å². The number of benzene rings is 2. The van der Waals surface area contributed by atoms with E-state index in [0.29, 0.717) is 17.0 Å². The molecule has 33 heavy (non-hydrogen) atoms. The van der Waals surface area contributed by atoms with Crippen molar-refractivity contribution in [2.75, 3.05) is 4.90 Å². The Hall–Kier alpha value is -3.82. The van der Waals surface area contributed by atoms with E-state index in [1.165, 1.54) is 23.1 Å². The fourth-order valence-corrected chi connectivity index (χ4v) is 3.93. The Kier molecular flexibility index (Phi) is 5.84. The second-order valence-corrected chi connectivity index (χ2v) is 8.17.